The Bertz CT molecular complexity index is 396. The van der Waals surface area contributed by atoms with Crippen molar-refractivity contribution in [1.82, 2.24) is 0 Å². The summed E-state index contributed by atoms with van der Waals surface area (Å²) in [5.74, 6) is 0.850. The molecule has 3 nitrogen and oxygen atoms in total. The van der Waals surface area contributed by atoms with E-state index >= 15 is 0 Å². The second-order valence-corrected chi connectivity index (χ2v) is 7.91. The van der Waals surface area contributed by atoms with E-state index in [1.165, 1.54) is 11.1 Å². The Morgan fingerprint density at radius 1 is 0.826 bits per heavy atom. The van der Waals surface area contributed by atoms with Crippen LogP contribution in [-0.2, 0) is 14.2 Å². The molecule has 0 aromatic carbocycles. The van der Waals surface area contributed by atoms with Gasteiger partial charge in [-0.25, -0.2) is 0 Å². The normalized spacial score (nSPS) is 27.8. The molecule has 4 atom stereocenters. The van der Waals surface area contributed by atoms with Crippen LogP contribution in [0.1, 0.15) is 67.2 Å². The number of ether oxygens (including phenoxy) is 3. The fourth-order valence-electron chi connectivity index (χ4n) is 3.41. The van der Waals surface area contributed by atoms with Crippen LogP contribution in [0.25, 0.3) is 0 Å². The van der Waals surface area contributed by atoms with Gasteiger partial charge in [0.15, 0.2) is 0 Å². The summed E-state index contributed by atoms with van der Waals surface area (Å²) < 4.78 is 18.5. The molecule has 0 aliphatic carbocycles. The highest BCUT2D eigenvalue weighted by atomic mass is 16.6. The first-order valence-corrected chi connectivity index (χ1v) is 9.16. The van der Waals surface area contributed by atoms with Crippen molar-refractivity contribution in [2.75, 3.05) is 0 Å². The number of hydrogen-bond donors (Lipinski definition) is 0. The standard InChI is InChI=1S/C20H34O3/c1-13(2)19(17-9-7-15(5)11-21-17)23-20(14(3)4)18-10-8-16(6)12-22-18/h11-14,17-20H,7-10H2,1-6H3. The highest BCUT2D eigenvalue weighted by molar-refractivity contribution is 5.01. The summed E-state index contributed by atoms with van der Waals surface area (Å²) in [6, 6.07) is 0. The maximum absolute atomic E-state index is 6.61. The summed E-state index contributed by atoms with van der Waals surface area (Å²) in [5.41, 5.74) is 2.64. The third-order valence-corrected chi connectivity index (χ3v) is 4.90. The van der Waals surface area contributed by atoms with Gasteiger partial charge in [0.05, 0.1) is 24.7 Å². The molecule has 0 aromatic rings. The number of hydrogen-bond acceptors (Lipinski definition) is 3. The number of rotatable bonds is 6. The van der Waals surface area contributed by atoms with E-state index in [1.54, 1.807) is 0 Å². The van der Waals surface area contributed by atoms with Gasteiger partial charge in [0, 0.05) is 0 Å². The van der Waals surface area contributed by atoms with Gasteiger partial charge < -0.3 is 14.2 Å². The molecule has 0 N–H and O–H groups in total. The summed E-state index contributed by atoms with van der Waals surface area (Å²) in [7, 11) is 0. The third-order valence-electron chi connectivity index (χ3n) is 4.90. The lowest BCUT2D eigenvalue weighted by Crippen LogP contribution is -2.45. The highest BCUT2D eigenvalue weighted by Gasteiger charge is 2.35. The van der Waals surface area contributed by atoms with Gasteiger partial charge in [0.2, 0.25) is 0 Å². The van der Waals surface area contributed by atoms with Crippen molar-refractivity contribution >= 4 is 0 Å². The van der Waals surface area contributed by atoms with E-state index in [1.807, 2.05) is 12.5 Å². The average Bonchev–Trinajstić information content (AvgIpc) is 2.50. The maximum Gasteiger partial charge on any atom is 0.124 e. The minimum atomic E-state index is 0.113. The van der Waals surface area contributed by atoms with Crippen molar-refractivity contribution in [3.8, 4) is 0 Å². The van der Waals surface area contributed by atoms with Crippen LogP contribution >= 0.6 is 0 Å². The van der Waals surface area contributed by atoms with Crippen LogP contribution in [0, 0.1) is 11.8 Å². The van der Waals surface area contributed by atoms with Crippen LogP contribution < -0.4 is 0 Å². The van der Waals surface area contributed by atoms with Crippen molar-refractivity contribution in [3.05, 3.63) is 23.7 Å². The SMILES string of the molecule is CC1=COC(C(OC(C(C)C)C2CCC(C)=CO2)C(C)C)CC1. The van der Waals surface area contributed by atoms with Gasteiger partial charge in [-0.15, -0.1) is 0 Å². The third kappa shape index (κ3) is 5.00. The smallest absolute Gasteiger partial charge is 0.124 e. The van der Waals surface area contributed by atoms with Crippen LogP contribution in [-0.4, -0.2) is 24.4 Å². The van der Waals surface area contributed by atoms with Crippen LogP contribution in [0.2, 0.25) is 0 Å². The molecule has 2 rings (SSSR count). The second-order valence-electron chi connectivity index (χ2n) is 7.91. The first-order chi connectivity index (χ1) is 10.9. The molecule has 2 aliphatic rings. The molecular formula is C20H34O3. The van der Waals surface area contributed by atoms with E-state index in [2.05, 4.69) is 41.5 Å². The predicted molar refractivity (Wildman–Crippen MR) is 94.1 cm³/mol. The van der Waals surface area contributed by atoms with Gasteiger partial charge in [0.1, 0.15) is 12.2 Å². The van der Waals surface area contributed by atoms with Gasteiger partial charge in [-0.05, 0) is 62.5 Å². The van der Waals surface area contributed by atoms with Gasteiger partial charge in [-0.3, -0.25) is 0 Å². The zero-order chi connectivity index (χ0) is 17.0. The average molecular weight is 322 g/mol. The van der Waals surface area contributed by atoms with Gasteiger partial charge in [-0.1, -0.05) is 27.7 Å². The lowest BCUT2D eigenvalue weighted by atomic mass is 9.92. The summed E-state index contributed by atoms with van der Waals surface area (Å²) in [6.45, 7) is 13.2. The first kappa shape index (κ1) is 18.4. The monoisotopic (exact) mass is 322 g/mol. The Labute approximate surface area is 142 Å². The molecule has 0 spiro atoms. The van der Waals surface area contributed by atoms with E-state index in [9.17, 15) is 0 Å². The lowest BCUT2D eigenvalue weighted by molar-refractivity contribution is -0.155. The van der Waals surface area contributed by atoms with Crippen LogP contribution in [0.15, 0.2) is 23.7 Å². The molecule has 0 aromatic heterocycles. The van der Waals surface area contributed by atoms with E-state index in [0.717, 1.165) is 25.7 Å². The van der Waals surface area contributed by atoms with E-state index in [4.69, 9.17) is 14.2 Å². The zero-order valence-electron chi connectivity index (χ0n) is 15.7. The molecule has 0 saturated heterocycles. The topological polar surface area (TPSA) is 27.7 Å². The van der Waals surface area contributed by atoms with Crippen molar-refractivity contribution in [2.45, 2.75) is 91.6 Å². The molecule has 2 aliphatic heterocycles. The summed E-state index contributed by atoms with van der Waals surface area (Å²) in [4.78, 5) is 0. The van der Waals surface area contributed by atoms with Crippen molar-refractivity contribution in [1.29, 1.82) is 0 Å². The minimum absolute atomic E-state index is 0.113. The Hall–Kier alpha value is -0.960. The molecule has 132 valence electrons. The summed E-state index contributed by atoms with van der Waals surface area (Å²) in [5, 5.41) is 0. The van der Waals surface area contributed by atoms with Gasteiger partial charge in [0.25, 0.3) is 0 Å². The fraction of sp³-hybridized carbons (Fsp3) is 0.800. The molecule has 0 saturated carbocycles. The molecule has 0 radical (unpaired) electrons. The molecule has 3 heteroatoms. The van der Waals surface area contributed by atoms with Crippen molar-refractivity contribution in [3.63, 3.8) is 0 Å². The van der Waals surface area contributed by atoms with E-state index < -0.39 is 0 Å². The second kappa shape index (κ2) is 8.23. The van der Waals surface area contributed by atoms with E-state index in [0.29, 0.717) is 11.8 Å². The van der Waals surface area contributed by atoms with Crippen molar-refractivity contribution < 1.29 is 14.2 Å². The van der Waals surface area contributed by atoms with Crippen molar-refractivity contribution in [2.24, 2.45) is 11.8 Å². The quantitative estimate of drug-likeness (QED) is 0.671. The fourth-order valence-corrected chi connectivity index (χ4v) is 3.41. The van der Waals surface area contributed by atoms with E-state index in [-0.39, 0.29) is 24.4 Å². The van der Waals surface area contributed by atoms with Gasteiger partial charge in [-0.2, -0.15) is 0 Å². The Morgan fingerprint density at radius 3 is 1.48 bits per heavy atom. The van der Waals surface area contributed by atoms with Crippen LogP contribution in [0.3, 0.4) is 0 Å². The Balaban J connectivity index is 2.06. The lowest BCUT2D eigenvalue weighted by Gasteiger charge is -2.39. The van der Waals surface area contributed by atoms with Crippen LogP contribution in [0.5, 0.6) is 0 Å². The molecule has 0 fully saturated rings. The molecule has 23 heavy (non-hydrogen) atoms. The molecule has 4 unspecified atom stereocenters. The highest BCUT2D eigenvalue weighted by Crippen LogP contribution is 2.30. The van der Waals surface area contributed by atoms with Crippen LogP contribution in [0.4, 0.5) is 0 Å². The Morgan fingerprint density at radius 2 is 1.22 bits per heavy atom. The first-order valence-electron chi connectivity index (χ1n) is 9.16. The number of allylic oxidation sites excluding steroid dienone is 2. The minimum Gasteiger partial charge on any atom is -0.495 e. The molecular weight excluding hydrogens is 288 g/mol. The predicted octanol–water partition coefficient (Wildman–Crippen LogP) is 5.22. The zero-order valence-corrected chi connectivity index (χ0v) is 15.7. The molecule has 0 bridgehead atoms. The van der Waals surface area contributed by atoms with Gasteiger partial charge >= 0.3 is 0 Å². The maximum atomic E-state index is 6.61. The molecule has 0 amide bonds. The summed E-state index contributed by atoms with van der Waals surface area (Å²) >= 11 is 0. The summed E-state index contributed by atoms with van der Waals surface area (Å²) in [6.07, 6.45) is 8.66. The Kier molecular flexibility index (Phi) is 6.58. The largest absolute Gasteiger partial charge is 0.495 e. The molecule has 2 heterocycles.